The minimum absolute atomic E-state index is 0.0150. The van der Waals surface area contributed by atoms with E-state index >= 15 is 0 Å². The zero-order chi connectivity index (χ0) is 15.2. The summed E-state index contributed by atoms with van der Waals surface area (Å²) in [7, 11) is 0. The van der Waals surface area contributed by atoms with Crippen molar-refractivity contribution in [3.05, 3.63) is 34.9 Å². The Morgan fingerprint density at radius 2 is 2.20 bits per heavy atom. The molecule has 1 saturated heterocycles. The first-order valence-electron chi connectivity index (χ1n) is 6.94. The first kappa shape index (κ1) is 11.6. The van der Waals surface area contributed by atoms with Gasteiger partial charge >= 0.3 is 0 Å². The summed E-state index contributed by atoms with van der Waals surface area (Å²) < 4.78 is 8.33. The van der Waals surface area contributed by atoms with Crippen LogP contribution in [0.1, 0.15) is 35.7 Å². The summed E-state index contributed by atoms with van der Waals surface area (Å²) in [6, 6.07) is 3.53. The summed E-state index contributed by atoms with van der Waals surface area (Å²) in [5.41, 5.74) is 7.73. The molecule has 2 heterocycles. The number of hydrogen-bond donors (Lipinski definition) is 2. The van der Waals surface area contributed by atoms with Crippen LogP contribution in [0.5, 0.6) is 0 Å². The molecule has 6 heteroatoms. The number of rotatable bonds is 2. The predicted octanol–water partition coefficient (Wildman–Crippen LogP) is -0.0937. The number of nitrogens with two attached hydrogens (primary N) is 1. The predicted molar refractivity (Wildman–Crippen MR) is 70.4 cm³/mol. The van der Waals surface area contributed by atoms with Gasteiger partial charge in [0.25, 0.3) is 5.91 Å². The normalized spacial score (nSPS) is 26.4. The van der Waals surface area contributed by atoms with E-state index in [1.54, 1.807) is 12.1 Å². The molecule has 6 nitrogen and oxygen atoms in total. The lowest BCUT2D eigenvalue weighted by molar-refractivity contribution is -0.136. The lowest BCUT2D eigenvalue weighted by atomic mass is 10.0. The molecule has 1 unspecified atom stereocenters. The van der Waals surface area contributed by atoms with Crippen molar-refractivity contribution in [2.45, 2.75) is 31.9 Å². The minimum Gasteiger partial charge on any atom is -0.326 e. The van der Waals surface area contributed by atoms with Crippen LogP contribution in [0.25, 0.3) is 0 Å². The van der Waals surface area contributed by atoms with Crippen molar-refractivity contribution in [1.82, 2.24) is 10.2 Å². The number of nitrogens with one attached hydrogen (secondary N) is 1. The Morgan fingerprint density at radius 1 is 1.40 bits per heavy atom. The number of fused-ring (bicyclic) bond motifs is 1. The van der Waals surface area contributed by atoms with E-state index in [4.69, 9.17) is 7.10 Å². The number of benzene rings is 1. The minimum atomic E-state index is -1.73. The highest BCUT2D eigenvalue weighted by molar-refractivity contribution is 6.05. The van der Waals surface area contributed by atoms with Crippen LogP contribution in [-0.2, 0) is 22.7 Å². The van der Waals surface area contributed by atoms with Crippen LogP contribution in [0.2, 0.25) is 0 Å². The van der Waals surface area contributed by atoms with E-state index < -0.39 is 17.8 Å². The van der Waals surface area contributed by atoms with Gasteiger partial charge in [-0.3, -0.25) is 19.7 Å². The number of amides is 3. The Labute approximate surface area is 117 Å². The van der Waals surface area contributed by atoms with Gasteiger partial charge in [-0.1, -0.05) is 12.1 Å². The Kier molecular flexibility index (Phi) is 2.74. The second-order valence-electron chi connectivity index (χ2n) is 4.91. The highest BCUT2D eigenvalue weighted by Crippen LogP contribution is 2.28. The Balaban J connectivity index is 1.93. The molecule has 3 amide bonds. The molecule has 3 N–H and O–H groups in total. The van der Waals surface area contributed by atoms with Crippen molar-refractivity contribution in [2.75, 3.05) is 0 Å². The van der Waals surface area contributed by atoms with Crippen molar-refractivity contribution in [3.63, 3.8) is 0 Å². The molecular formula is C14H15N3O3. The maximum atomic E-state index is 12.4. The van der Waals surface area contributed by atoms with Gasteiger partial charge in [0, 0.05) is 25.1 Å². The first-order valence-corrected chi connectivity index (χ1v) is 6.44. The van der Waals surface area contributed by atoms with Gasteiger partial charge in [-0.2, -0.15) is 0 Å². The molecular weight excluding hydrogens is 258 g/mol. The monoisotopic (exact) mass is 274 g/mol. The average Bonchev–Trinajstić information content (AvgIpc) is 2.80. The van der Waals surface area contributed by atoms with E-state index in [9.17, 15) is 14.4 Å². The molecule has 0 radical (unpaired) electrons. The topological polar surface area (TPSA) is 92.5 Å². The quantitative estimate of drug-likeness (QED) is 0.737. The number of nitrogens with zero attached hydrogens (tertiary/aromatic N) is 1. The van der Waals surface area contributed by atoms with E-state index in [1.807, 2.05) is 6.07 Å². The lowest BCUT2D eigenvalue weighted by Crippen LogP contribution is -2.52. The van der Waals surface area contributed by atoms with Gasteiger partial charge in [-0.15, -0.1) is 0 Å². The van der Waals surface area contributed by atoms with Gasteiger partial charge < -0.3 is 10.6 Å². The van der Waals surface area contributed by atoms with E-state index in [0.717, 1.165) is 11.1 Å². The zero-order valence-electron chi connectivity index (χ0n) is 11.8. The summed E-state index contributed by atoms with van der Waals surface area (Å²) in [4.78, 5) is 36.9. The second-order valence-corrected chi connectivity index (χ2v) is 4.91. The fourth-order valence-electron chi connectivity index (χ4n) is 2.58. The van der Waals surface area contributed by atoms with Crippen LogP contribution < -0.4 is 11.1 Å². The molecule has 20 heavy (non-hydrogen) atoms. The van der Waals surface area contributed by atoms with Gasteiger partial charge in [0.1, 0.15) is 6.02 Å². The standard InChI is InChI=1S/C14H15N3O3/c15-6-8-1-2-10-9(5-8)7-17(14(10)20)11-3-4-12(18)16-13(11)19/h1-2,5,11H,3-4,6-7,15H2,(H,16,18,19)/i11D. The highest BCUT2D eigenvalue weighted by Gasteiger charge is 2.38. The second kappa shape index (κ2) is 4.72. The first-order chi connectivity index (χ1) is 9.95. The fourth-order valence-corrected chi connectivity index (χ4v) is 2.58. The number of imide groups is 1. The van der Waals surface area contributed by atoms with Crippen molar-refractivity contribution < 1.29 is 15.8 Å². The number of piperidine rings is 1. The molecule has 1 aromatic carbocycles. The van der Waals surface area contributed by atoms with Gasteiger partial charge in [-0.25, -0.2) is 0 Å². The zero-order valence-corrected chi connectivity index (χ0v) is 10.8. The van der Waals surface area contributed by atoms with E-state index in [-0.39, 0.29) is 25.3 Å². The fraction of sp³-hybridized carbons (Fsp3) is 0.357. The molecule has 1 atom stereocenters. The van der Waals surface area contributed by atoms with Crippen molar-refractivity contribution >= 4 is 17.7 Å². The van der Waals surface area contributed by atoms with E-state index in [2.05, 4.69) is 5.32 Å². The van der Waals surface area contributed by atoms with E-state index in [1.165, 1.54) is 4.90 Å². The summed E-state index contributed by atoms with van der Waals surface area (Å²) in [5, 5.41) is 2.14. The third kappa shape index (κ3) is 1.98. The molecule has 1 aromatic rings. The Morgan fingerprint density at radius 3 is 2.90 bits per heavy atom. The maximum Gasteiger partial charge on any atom is 0.255 e. The number of carbonyl (C=O) groups excluding carboxylic acids is 3. The van der Waals surface area contributed by atoms with Crippen LogP contribution >= 0.6 is 0 Å². The third-order valence-electron chi connectivity index (χ3n) is 3.64. The van der Waals surface area contributed by atoms with Crippen molar-refractivity contribution in [2.24, 2.45) is 5.73 Å². The van der Waals surface area contributed by atoms with Gasteiger partial charge in [0.2, 0.25) is 11.8 Å². The molecule has 2 aliphatic rings. The summed E-state index contributed by atoms with van der Waals surface area (Å²) in [5.74, 6) is -1.50. The Bertz CT molecular complexity index is 661. The maximum absolute atomic E-state index is 12.4. The van der Waals surface area contributed by atoms with Gasteiger partial charge in [0.05, 0.1) is 1.37 Å². The Hall–Kier alpha value is -2.21. The van der Waals surface area contributed by atoms with Crippen molar-refractivity contribution in [1.29, 1.82) is 0 Å². The average molecular weight is 274 g/mol. The summed E-state index contributed by atoms with van der Waals surface area (Å²) in [6.45, 7) is 0.551. The van der Waals surface area contributed by atoms with Crippen molar-refractivity contribution in [3.8, 4) is 0 Å². The smallest absolute Gasteiger partial charge is 0.255 e. The third-order valence-corrected chi connectivity index (χ3v) is 3.64. The van der Waals surface area contributed by atoms with Gasteiger partial charge in [0.15, 0.2) is 0 Å². The van der Waals surface area contributed by atoms with Gasteiger partial charge in [-0.05, 0) is 23.6 Å². The molecule has 0 saturated carbocycles. The van der Waals surface area contributed by atoms with Crippen LogP contribution in [0.4, 0.5) is 0 Å². The molecule has 0 bridgehead atoms. The van der Waals surface area contributed by atoms with Crippen LogP contribution in [0.15, 0.2) is 18.2 Å². The largest absolute Gasteiger partial charge is 0.326 e. The molecule has 104 valence electrons. The molecule has 0 spiro atoms. The van der Waals surface area contributed by atoms with Crippen LogP contribution in [-0.4, -0.2) is 28.6 Å². The molecule has 2 aliphatic heterocycles. The number of hydrogen-bond acceptors (Lipinski definition) is 4. The van der Waals surface area contributed by atoms with Crippen LogP contribution in [0, 0.1) is 0 Å². The molecule has 1 fully saturated rings. The lowest BCUT2D eigenvalue weighted by Gasteiger charge is -2.29. The highest BCUT2D eigenvalue weighted by atomic mass is 16.2. The SMILES string of the molecule is [2H]C1(N2Cc3cc(CN)ccc3C2=O)CCC(=O)NC1=O. The van der Waals surface area contributed by atoms with Crippen LogP contribution in [0.3, 0.4) is 0 Å². The molecule has 0 aliphatic carbocycles. The molecule has 3 rings (SSSR count). The van der Waals surface area contributed by atoms with E-state index in [0.29, 0.717) is 12.1 Å². The summed E-state index contributed by atoms with van der Waals surface area (Å²) in [6.07, 6.45) is 0.0740. The number of carbonyl (C=O) groups is 3. The molecule has 0 aromatic heterocycles. The summed E-state index contributed by atoms with van der Waals surface area (Å²) >= 11 is 0.